The standard InChI is InChI=1S/C36H50N2O4Si2/c1-26-21-27(25-41-43(9,10)35(2,3)4)38(24-26)34(39)30-22-32(40-8)33(23-31(30)37)42-44(36(5,6)7,28-17-13-11-14-18-28)29-19-15-12-16-20-29/h11-20,22-23,27H,1,21,24-25,37H2,2-10H3/t27-/m0/s1. The van der Waals surface area contributed by atoms with E-state index in [-0.39, 0.29) is 22.0 Å². The molecule has 1 aliphatic heterocycles. The van der Waals surface area contributed by atoms with E-state index in [0.29, 0.717) is 42.3 Å². The molecule has 1 fully saturated rings. The third-order valence-electron chi connectivity index (χ3n) is 9.31. The lowest BCUT2D eigenvalue weighted by Crippen LogP contribution is -2.68. The molecule has 1 saturated heterocycles. The fraction of sp³-hybridized carbons (Fsp3) is 0.417. The molecule has 3 aromatic carbocycles. The highest BCUT2D eigenvalue weighted by Gasteiger charge is 2.52. The van der Waals surface area contributed by atoms with E-state index in [9.17, 15) is 4.79 Å². The predicted octanol–water partition coefficient (Wildman–Crippen LogP) is 7.01. The van der Waals surface area contributed by atoms with E-state index in [1.54, 1.807) is 19.2 Å². The smallest absolute Gasteiger partial charge is 0.320 e. The zero-order valence-electron chi connectivity index (χ0n) is 28.0. The van der Waals surface area contributed by atoms with Gasteiger partial charge in [0.15, 0.2) is 14.1 Å². The first-order chi connectivity index (χ1) is 20.5. The van der Waals surface area contributed by atoms with Crippen LogP contribution in [0.4, 0.5) is 5.69 Å². The summed E-state index contributed by atoms with van der Waals surface area (Å²) in [5.74, 6) is 0.849. The summed E-state index contributed by atoms with van der Waals surface area (Å²) in [6, 6.07) is 24.2. The Morgan fingerprint density at radius 2 is 1.45 bits per heavy atom. The number of carbonyl (C=O) groups is 1. The van der Waals surface area contributed by atoms with E-state index < -0.39 is 16.6 Å². The van der Waals surface area contributed by atoms with Crippen LogP contribution in [-0.4, -0.2) is 53.7 Å². The van der Waals surface area contributed by atoms with Crippen LogP contribution in [0.5, 0.6) is 11.5 Å². The van der Waals surface area contributed by atoms with Crippen LogP contribution >= 0.6 is 0 Å². The maximum Gasteiger partial charge on any atom is 0.320 e. The van der Waals surface area contributed by atoms with Gasteiger partial charge in [0.25, 0.3) is 5.91 Å². The molecule has 2 N–H and O–H groups in total. The molecule has 1 amide bonds. The van der Waals surface area contributed by atoms with Gasteiger partial charge in [-0.15, -0.1) is 0 Å². The summed E-state index contributed by atoms with van der Waals surface area (Å²) in [6.07, 6.45) is 0.715. The van der Waals surface area contributed by atoms with Gasteiger partial charge >= 0.3 is 8.32 Å². The van der Waals surface area contributed by atoms with Crippen molar-refractivity contribution in [3.05, 3.63) is 90.5 Å². The Morgan fingerprint density at radius 3 is 1.93 bits per heavy atom. The highest BCUT2D eigenvalue weighted by atomic mass is 28.4. The fourth-order valence-corrected chi connectivity index (χ4v) is 11.2. The van der Waals surface area contributed by atoms with Gasteiger partial charge in [0, 0.05) is 18.3 Å². The minimum atomic E-state index is -2.95. The normalized spacial score (nSPS) is 16.2. The van der Waals surface area contributed by atoms with E-state index in [2.05, 4.69) is 110 Å². The van der Waals surface area contributed by atoms with Gasteiger partial charge in [-0.05, 0) is 46.0 Å². The summed E-state index contributed by atoms with van der Waals surface area (Å²) in [5.41, 5.74) is 8.44. The number of likely N-dealkylation sites (tertiary alicyclic amines) is 1. The van der Waals surface area contributed by atoms with Gasteiger partial charge in [-0.1, -0.05) is 114 Å². The molecule has 0 bridgehead atoms. The van der Waals surface area contributed by atoms with Crippen LogP contribution < -0.4 is 25.3 Å². The van der Waals surface area contributed by atoms with Crippen LogP contribution in [0.1, 0.15) is 58.3 Å². The molecule has 8 heteroatoms. The predicted molar refractivity (Wildman–Crippen MR) is 187 cm³/mol. The van der Waals surface area contributed by atoms with Crippen molar-refractivity contribution in [2.75, 3.05) is 26.0 Å². The maximum absolute atomic E-state index is 14.1. The number of nitrogen functional groups attached to an aromatic ring is 1. The van der Waals surface area contributed by atoms with E-state index in [1.165, 1.54) is 0 Å². The molecule has 0 unspecified atom stereocenters. The number of benzene rings is 3. The van der Waals surface area contributed by atoms with Gasteiger partial charge in [-0.2, -0.15) is 0 Å². The van der Waals surface area contributed by atoms with E-state index in [1.807, 2.05) is 17.0 Å². The average Bonchev–Trinajstić information content (AvgIpc) is 3.34. The number of anilines is 1. The number of carbonyl (C=O) groups excluding carboxylic acids is 1. The maximum atomic E-state index is 14.1. The van der Waals surface area contributed by atoms with Crippen molar-refractivity contribution in [1.29, 1.82) is 0 Å². The van der Waals surface area contributed by atoms with Crippen molar-refractivity contribution in [2.45, 2.75) is 77.2 Å². The molecule has 0 aromatic heterocycles. The first-order valence-electron chi connectivity index (χ1n) is 15.4. The largest absolute Gasteiger partial charge is 0.531 e. The summed E-state index contributed by atoms with van der Waals surface area (Å²) < 4.78 is 19.7. The molecule has 0 aliphatic carbocycles. The number of rotatable bonds is 9. The highest BCUT2D eigenvalue weighted by molar-refractivity contribution is 7.00. The van der Waals surface area contributed by atoms with Crippen molar-refractivity contribution >= 4 is 38.6 Å². The van der Waals surface area contributed by atoms with Crippen LogP contribution in [0.15, 0.2) is 84.9 Å². The lowest BCUT2D eigenvalue weighted by Gasteiger charge is -2.43. The van der Waals surface area contributed by atoms with Gasteiger partial charge in [-0.3, -0.25) is 4.79 Å². The quantitative estimate of drug-likeness (QED) is 0.156. The zero-order chi connectivity index (χ0) is 32.5. The highest BCUT2D eigenvalue weighted by Crippen LogP contribution is 2.42. The van der Waals surface area contributed by atoms with Crippen LogP contribution in [0.3, 0.4) is 0 Å². The Labute approximate surface area is 266 Å². The molecule has 3 aromatic rings. The average molecular weight is 631 g/mol. The third-order valence-corrected chi connectivity index (χ3v) is 18.7. The molecule has 0 saturated carbocycles. The van der Waals surface area contributed by atoms with Gasteiger partial charge < -0.3 is 24.2 Å². The molecule has 6 nitrogen and oxygen atoms in total. The summed E-state index contributed by atoms with van der Waals surface area (Å²) in [6.45, 7) is 23.0. The van der Waals surface area contributed by atoms with Crippen molar-refractivity contribution < 1.29 is 18.4 Å². The Kier molecular flexibility index (Phi) is 9.59. The van der Waals surface area contributed by atoms with Crippen LogP contribution in [0, 0.1) is 0 Å². The molecule has 1 atom stereocenters. The lowest BCUT2D eigenvalue weighted by atomic mass is 10.1. The van der Waals surface area contributed by atoms with Gasteiger partial charge in [0.1, 0.15) is 5.75 Å². The van der Waals surface area contributed by atoms with Gasteiger partial charge in [-0.25, -0.2) is 0 Å². The molecule has 44 heavy (non-hydrogen) atoms. The number of hydrogen-bond donors (Lipinski definition) is 1. The van der Waals surface area contributed by atoms with Crippen LogP contribution in [0.25, 0.3) is 0 Å². The van der Waals surface area contributed by atoms with Crippen LogP contribution in [0.2, 0.25) is 23.2 Å². The van der Waals surface area contributed by atoms with Crippen molar-refractivity contribution in [2.24, 2.45) is 0 Å². The minimum absolute atomic E-state index is 0.0795. The Hall–Kier alpha value is -3.34. The molecule has 0 spiro atoms. The molecule has 1 aliphatic rings. The number of amides is 1. The monoisotopic (exact) mass is 630 g/mol. The molecular formula is C36H50N2O4Si2. The fourth-order valence-electron chi connectivity index (χ4n) is 5.75. The first-order valence-corrected chi connectivity index (χ1v) is 20.2. The van der Waals surface area contributed by atoms with Crippen molar-refractivity contribution in [3.8, 4) is 11.5 Å². The van der Waals surface area contributed by atoms with Crippen molar-refractivity contribution in [1.82, 2.24) is 4.90 Å². The van der Waals surface area contributed by atoms with Crippen molar-refractivity contribution in [3.63, 3.8) is 0 Å². The summed E-state index contributed by atoms with van der Waals surface area (Å²) in [7, 11) is -3.34. The first kappa shape index (κ1) is 33.6. The van der Waals surface area contributed by atoms with E-state index in [4.69, 9.17) is 19.3 Å². The molecule has 1 heterocycles. The second-order valence-corrected chi connectivity index (χ2v) is 23.5. The van der Waals surface area contributed by atoms with Gasteiger partial charge in [0.05, 0.1) is 25.3 Å². The molecule has 236 valence electrons. The van der Waals surface area contributed by atoms with E-state index >= 15 is 0 Å². The number of nitrogens with two attached hydrogens (primary N) is 1. The molecule has 4 rings (SSSR count). The second kappa shape index (κ2) is 12.6. The van der Waals surface area contributed by atoms with Gasteiger partial charge in [0.2, 0.25) is 0 Å². The Morgan fingerprint density at radius 1 is 0.909 bits per heavy atom. The summed E-state index contributed by atoms with van der Waals surface area (Å²) in [4.78, 5) is 15.9. The second-order valence-electron chi connectivity index (χ2n) is 14.5. The minimum Gasteiger partial charge on any atom is -0.531 e. The van der Waals surface area contributed by atoms with E-state index in [0.717, 1.165) is 15.9 Å². The molecular weight excluding hydrogens is 581 g/mol. The summed E-state index contributed by atoms with van der Waals surface area (Å²) >= 11 is 0. The number of ether oxygens (including phenoxy) is 1. The Bertz CT molecular complexity index is 1440. The third kappa shape index (κ3) is 6.53. The number of nitrogens with zero attached hydrogens (tertiary/aromatic N) is 1. The van der Waals surface area contributed by atoms with Crippen LogP contribution in [-0.2, 0) is 4.43 Å². The summed E-state index contributed by atoms with van der Waals surface area (Å²) in [5, 5.41) is 2.10. The lowest BCUT2D eigenvalue weighted by molar-refractivity contribution is 0.0686. The SMILES string of the molecule is C=C1C[C@@H](CO[Si](C)(C)C(C)(C)C)N(C(=O)c2cc(OC)c(O[Si](c3ccccc3)(c3ccccc3)C(C)(C)C)cc2N)C1. The topological polar surface area (TPSA) is 74.0 Å². The number of methoxy groups -OCH3 is 1. The molecule has 0 radical (unpaired) electrons. The zero-order valence-corrected chi connectivity index (χ0v) is 30.0. The number of hydrogen-bond acceptors (Lipinski definition) is 5. The Balaban J connectivity index is 1.73.